The highest BCUT2D eigenvalue weighted by atomic mass is 32.1. The van der Waals surface area contributed by atoms with E-state index in [-0.39, 0.29) is 17.9 Å². The van der Waals surface area contributed by atoms with Crippen molar-refractivity contribution >= 4 is 39.6 Å². The second-order valence-corrected chi connectivity index (χ2v) is 9.52. The van der Waals surface area contributed by atoms with E-state index in [9.17, 15) is 14.7 Å². The summed E-state index contributed by atoms with van der Waals surface area (Å²) in [5.74, 6) is -0.525. The number of carbonyl (C=O) groups is 2. The predicted molar refractivity (Wildman–Crippen MR) is 142 cm³/mol. The summed E-state index contributed by atoms with van der Waals surface area (Å²) in [5.41, 5.74) is 1.03. The van der Waals surface area contributed by atoms with Crippen molar-refractivity contribution in [1.29, 1.82) is 0 Å². The van der Waals surface area contributed by atoms with Crippen molar-refractivity contribution in [2.45, 2.75) is 12.6 Å². The van der Waals surface area contributed by atoms with Gasteiger partial charge in [0.05, 0.1) is 39.5 Å². The number of likely N-dealkylation sites (tertiary alicyclic amines) is 1. The molecule has 5 rings (SSSR count). The Labute approximate surface area is 218 Å². The lowest BCUT2D eigenvalue weighted by Crippen LogP contribution is -2.29. The number of Topliss-reactive ketones (excluding diaryl/α,β-unsaturated/α-hetero) is 1. The molecule has 1 fully saturated rings. The van der Waals surface area contributed by atoms with Gasteiger partial charge in [-0.15, -0.1) is 11.3 Å². The van der Waals surface area contributed by atoms with Crippen molar-refractivity contribution < 1.29 is 28.9 Å². The number of fused-ring (bicyclic) bond motifs is 1. The van der Waals surface area contributed by atoms with Gasteiger partial charge < -0.3 is 24.2 Å². The Balaban J connectivity index is 1.76. The molecule has 188 valence electrons. The summed E-state index contributed by atoms with van der Waals surface area (Å²) in [6, 6.07) is 19.4. The van der Waals surface area contributed by atoms with Crippen molar-refractivity contribution in [3.63, 3.8) is 0 Å². The van der Waals surface area contributed by atoms with Gasteiger partial charge in [-0.1, -0.05) is 48.5 Å². The Kier molecular flexibility index (Phi) is 6.58. The Morgan fingerprint density at radius 2 is 1.62 bits per heavy atom. The molecule has 1 N–H and O–H groups in total. The molecule has 2 heterocycles. The highest BCUT2D eigenvalue weighted by Crippen LogP contribution is 2.46. The zero-order chi connectivity index (χ0) is 26.1. The molecule has 1 saturated heterocycles. The largest absolute Gasteiger partial charge is 0.507 e. The maximum atomic E-state index is 13.5. The van der Waals surface area contributed by atoms with Crippen molar-refractivity contribution in [2.24, 2.45) is 0 Å². The van der Waals surface area contributed by atoms with Crippen molar-refractivity contribution in [3.8, 4) is 17.2 Å². The maximum absolute atomic E-state index is 13.5. The van der Waals surface area contributed by atoms with Crippen LogP contribution in [0, 0.1) is 0 Å². The number of aliphatic hydroxyl groups excluding tert-OH is 1. The molecular formula is C29H25NO6S. The first-order chi connectivity index (χ1) is 18.0. The van der Waals surface area contributed by atoms with Gasteiger partial charge in [0.1, 0.15) is 5.76 Å². The Bertz CT molecular complexity index is 1490. The Morgan fingerprint density at radius 1 is 0.919 bits per heavy atom. The molecule has 0 saturated carbocycles. The molecule has 4 aromatic rings. The molecular weight excluding hydrogens is 490 g/mol. The summed E-state index contributed by atoms with van der Waals surface area (Å²) in [7, 11) is 4.50. The molecule has 7 nitrogen and oxygen atoms in total. The lowest BCUT2D eigenvalue weighted by molar-refractivity contribution is -0.140. The minimum Gasteiger partial charge on any atom is -0.507 e. The van der Waals surface area contributed by atoms with E-state index < -0.39 is 17.7 Å². The van der Waals surface area contributed by atoms with Gasteiger partial charge in [-0.05, 0) is 39.9 Å². The monoisotopic (exact) mass is 515 g/mol. The maximum Gasteiger partial charge on any atom is 0.295 e. The van der Waals surface area contributed by atoms with Crippen molar-refractivity contribution in [1.82, 2.24) is 4.90 Å². The lowest BCUT2D eigenvalue weighted by atomic mass is 9.93. The van der Waals surface area contributed by atoms with Crippen LogP contribution in [0.5, 0.6) is 17.2 Å². The van der Waals surface area contributed by atoms with Crippen LogP contribution in [0.4, 0.5) is 0 Å². The molecule has 8 heteroatoms. The Morgan fingerprint density at radius 3 is 2.27 bits per heavy atom. The standard InChI is InChI=1S/C29H25NO6S/c1-34-22-14-18(15-23(35-2)28(22)36-3)25-24(27(32)29(33)30(25)16-19-10-7-13-37-19)26(31)21-12-6-9-17-8-4-5-11-20(17)21/h4-15,25,31H,16H2,1-3H3/b26-24+. The number of benzene rings is 3. The SMILES string of the molecule is COc1cc(C2/C(=C(\O)c3cccc4ccccc34)C(=O)C(=O)N2Cc2cccs2)cc(OC)c1OC. The molecule has 1 amide bonds. The van der Waals surface area contributed by atoms with E-state index in [4.69, 9.17) is 14.2 Å². The van der Waals surface area contributed by atoms with Gasteiger partial charge in [0, 0.05) is 10.4 Å². The van der Waals surface area contributed by atoms with E-state index >= 15 is 0 Å². The average molecular weight is 516 g/mol. The topological polar surface area (TPSA) is 85.3 Å². The summed E-state index contributed by atoms with van der Waals surface area (Å²) >= 11 is 1.49. The molecule has 0 spiro atoms. The summed E-state index contributed by atoms with van der Waals surface area (Å²) in [5, 5.41) is 15.2. The number of methoxy groups -OCH3 is 3. The van der Waals surface area contributed by atoms with E-state index in [1.807, 2.05) is 53.9 Å². The predicted octanol–water partition coefficient (Wildman–Crippen LogP) is 5.55. The highest BCUT2D eigenvalue weighted by molar-refractivity contribution is 7.09. The molecule has 1 unspecified atom stereocenters. The molecule has 0 aliphatic carbocycles. The number of thiophene rings is 1. The fourth-order valence-corrected chi connectivity index (χ4v) is 5.50. The van der Waals surface area contributed by atoms with Gasteiger partial charge in [0.25, 0.3) is 11.7 Å². The van der Waals surface area contributed by atoms with Crippen LogP contribution in [-0.2, 0) is 16.1 Å². The minimum atomic E-state index is -0.880. The van der Waals surface area contributed by atoms with Gasteiger partial charge in [-0.3, -0.25) is 9.59 Å². The second kappa shape index (κ2) is 9.99. The number of ether oxygens (including phenoxy) is 3. The molecule has 1 aliphatic heterocycles. The number of hydrogen-bond acceptors (Lipinski definition) is 7. The minimum absolute atomic E-state index is 0.00665. The van der Waals surface area contributed by atoms with Gasteiger partial charge in [-0.2, -0.15) is 0 Å². The molecule has 0 bridgehead atoms. The van der Waals surface area contributed by atoms with E-state index in [0.29, 0.717) is 28.4 Å². The number of hydrogen-bond donors (Lipinski definition) is 1. The van der Waals surface area contributed by atoms with Crippen LogP contribution in [0.25, 0.3) is 16.5 Å². The molecule has 1 atom stereocenters. The van der Waals surface area contributed by atoms with E-state index in [1.54, 1.807) is 18.2 Å². The van der Waals surface area contributed by atoms with Crippen LogP contribution < -0.4 is 14.2 Å². The highest BCUT2D eigenvalue weighted by Gasteiger charge is 2.46. The lowest BCUT2D eigenvalue weighted by Gasteiger charge is -2.26. The van der Waals surface area contributed by atoms with E-state index in [1.165, 1.54) is 37.6 Å². The summed E-state index contributed by atoms with van der Waals surface area (Å²) in [6.45, 7) is 0.204. The van der Waals surface area contributed by atoms with Crippen molar-refractivity contribution in [2.75, 3.05) is 21.3 Å². The number of rotatable bonds is 7. The molecule has 1 aliphatic rings. The first-order valence-electron chi connectivity index (χ1n) is 11.6. The summed E-state index contributed by atoms with van der Waals surface area (Å²) < 4.78 is 16.5. The van der Waals surface area contributed by atoms with E-state index in [2.05, 4.69) is 0 Å². The first kappa shape index (κ1) is 24.4. The number of aliphatic hydroxyl groups is 1. The third-order valence-corrected chi connectivity index (χ3v) is 7.35. The number of amides is 1. The van der Waals surface area contributed by atoms with Crippen LogP contribution in [0.2, 0.25) is 0 Å². The van der Waals surface area contributed by atoms with E-state index in [0.717, 1.165) is 15.6 Å². The van der Waals surface area contributed by atoms with Crippen LogP contribution in [0.15, 0.2) is 77.7 Å². The van der Waals surface area contributed by atoms with Gasteiger partial charge in [-0.25, -0.2) is 0 Å². The van der Waals surface area contributed by atoms with Crippen LogP contribution in [0.3, 0.4) is 0 Å². The number of carbonyl (C=O) groups excluding carboxylic acids is 2. The third-order valence-electron chi connectivity index (χ3n) is 6.49. The first-order valence-corrected chi connectivity index (χ1v) is 12.4. The van der Waals surface area contributed by atoms with Crippen LogP contribution >= 0.6 is 11.3 Å². The Hall–Kier alpha value is -4.30. The number of nitrogens with zero attached hydrogens (tertiary/aromatic N) is 1. The smallest absolute Gasteiger partial charge is 0.295 e. The fraction of sp³-hybridized carbons (Fsp3) is 0.172. The fourth-order valence-electron chi connectivity index (χ4n) is 4.80. The zero-order valence-electron chi connectivity index (χ0n) is 20.6. The zero-order valence-corrected chi connectivity index (χ0v) is 21.4. The quantitative estimate of drug-likeness (QED) is 0.197. The molecule has 37 heavy (non-hydrogen) atoms. The molecule has 3 aromatic carbocycles. The van der Waals surface area contributed by atoms with Gasteiger partial charge in [0.2, 0.25) is 5.75 Å². The third kappa shape index (κ3) is 4.19. The van der Waals surface area contributed by atoms with Crippen molar-refractivity contribution in [3.05, 3.63) is 93.7 Å². The second-order valence-electron chi connectivity index (χ2n) is 8.49. The summed E-state index contributed by atoms with van der Waals surface area (Å²) in [6.07, 6.45) is 0. The molecule has 0 radical (unpaired) electrons. The van der Waals surface area contributed by atoms with Gasteiger partial charge >= 0.3 is 0 Å². The average Bonchev–Trinajstić information content (AvgIpc) is 3.53. The molecule has 1 aromatic heterocycles. The van der Waals surface area contributed by atoms with Gasteiger partial charge in [0.15, 0.2) is 11.5 Å². The summed E-state index contributed by atoms with van der Waals surface area (Å²) in [4.78, 5) is 29.3. The number of ketones is 1. The normalized spacial score (nSPS) is 16.8. The van der Waals surface area contributed by atoms with Crippen LogP contribution in [0.1, 0.15) is 22.0 Å². The van der Waals surface area contributed by atoms with Crippen LogP contribution in [-0.4, -0.2) is 43.0 Å².